The number of hydrogen-bond donors (Lipinski definition) is 0. The number of ether oxygens (including phenoxy) is 1. The highest BCUT2D eigenvalue weighted by Gasteiger charge is 2.28. The molecule has 0 bridgehead atoms. The zero-order chi connectivity index (χ0) is 19.7. The first-order valence-corrected chi connectivity index (χ1v) is 10.0. The fourth-order valence-corrected chi connectivity index (χ4v) is 3.27. The Labute approximate surface area is 164 Å². The van der Waals surface area contributed by atoms with Crippen molar-refractivity contribution in [2.75, 3.05) is 7.05 Å². The minimum atomic E-state index is -0.446. The number of hydrogen-bond acceptors (Lipinski definition) is 3. The maximum atomic E-state index is 12.2. The van der Waals surface area contributed by atoms with Crippen LogP contribution in [-0.2, 0) is 4.74 Å². The zero-order valence-electron chi connectivity index (χ0n) is 17.2. The van der Waals surface area contributed by atoms with Gasteiger partial charge in [0.25, 0.3) is 0 Å². The van der Waals surface area contributed by atoms with Crippen LogP contribution in [0.2, 0.25) is 0 Å². The van der Waals surface area contributed by atoms with Crippen molar-refractivity contribution < 1.29 is 9.53 Å². The number of rotatable bonds is 5. The molecular formula is C23H34N2O2. The average molecular weight is 371 g/mol. The predicted molar refractivity (Wildman–Crippen MR) is 113 cm³/mol. The fourth-order valence-electron chi connectivity index (χ4n) is 3.27. The van der Waals surface area contributed by atoms with Crippen molar-refractivity contribution in [3.8, 4) is 0 Å². The molecule has 2 aliphatic carbocycles. The molecule has 0 saturated heterocycles. The molecule has 0 heterocycles. The van der Waals surface area contributed by atoms with Crippen LogP contribution in [0.5, 0.6) is 0 Å². The normalized spacial score (nSPS) is 23.5. The molecule has 2 aliphatic rings. The Hall–Kier alpha value is -2.10. The van der Waals surface area contributed by atoms with Crippen LogP contribution in [0.15, 0.2) is 53.1 Å². The van der Waals surface area contributed by atoms with Crippen molar-refractivity contribution in [2.45, 2.75) is 77.0 Å². The van der Waals surface area contributed by atoms with Crippen LogP contribution < -0.4 is 0 Å². The number of allylic oxidation sites excluding steroid dienone is 8. The van der Waals surface area contributed by atoms with Gasteiger partial charge in [-0.2, -0.15) is 0 Å². The van der Waals surface area contributed by atoms with Crippen molar-refractivity contribution in [1.29, 1.82) is 0 Å². The van der Waals surface area contributed by atoms with Gasteiger partial charge in [-0.15, -0.1) is 0 Å². The number of carbonyl (C=O) groups excluding carboxylic acids is 1. The summed E-state index contributed by atoms with van der Waals surface area (Å²) < 4.78 is 5.46. The quantitative estimate of drug-likeness (QED) is 0.589. The molecule has 0 aliphatic heterocycles. The molecule has 0 spiro atoms. The van der Waals surface area contributed by atoms with Gasteiger partial charge in [-0.3, -0.25) is 4.99 Å². The van der Waals surface area contributed by atoms with Gasteiger partial charge in [-0.25, -0.2) is 4.79 Å². The van der Waals surface area contributed by atoms with E-state index >= 15 is 0 Å². The number of nitrogens with zero attached hydrogens (tertiary/aromatic N) is 2. The summed E-state index contributed by atoms with van der Waals surface area (Å²) in [6, 6.07) is 0.613. The summed E-state index contributed by atoms with van der Waals surface area (Å²) in [5.74, 6) is 0. The highest BCUT2D eigenvalue weighted by molar-refractivity contribution is 5.71. The highest BCUT2D eigenvalue weighted by atomic mass is 16.6. The van der Waals surface area contributed by atoms with E-state index in [1.165, 1.54) is 5.57 Å². The van der Waals surface area contributed by atoms with Gasteiger partial charge in [-0.1, -0.05) is 36.5 Å². The molecule has 2 rings (SSSR count). The molecule has 1 fully saturated rings. The van der Waals surface area contributed by atoms with E-state index in [9.17, 15) is 4.79 Å². The van der Waals surface area contributed by atoms with Crippen LogP contribution in [0.3, 0.4) is 0 Å². The first-order chi connectivity index (χ1) is 12.8. The van der Waals surface area contributed by atoms with Gasteiger partial charge in [0.2, 0.25) is 0 Å². The third-order valence-electron chi connectivity index (χ3n) is 4.82. The largest absolute Gasteiger partial charge is 0.444 e. The van der Waals surface area contributed by atoms with Gasteiger partial charge >= 0.3 is 6.09 Å². The van der Waals surface area contributed by atoms with Crippen LogP contribution in [0, 0.1) is 0 Å². The van der Waals surface area contributed by atoms with Gasteiger partial charge in [0.05, 0.1) is 6.04 Å². The molecule has 0 N–H and O–H groups in total. The van der Waals surface area contributed by atoms with E-state index in [0.717, 1.165) is 38.5 Å². The third kappa shape index (κ3) is 7.98. The van der Waals surface area contributed by atoms with Crippen molar-refractivity contribution in [2.24, 2.45) is 4.99 Å². The smallest absolute Gasteiger partial charge is 0.410 e. The summed E-state index contributed by atoms with van der Waals surface area (Å²) >= 11 is 0. The molecule has 0 aromatic carbocycles. The van der Waals surface area contributed by atoms with Crippen LogP contribution in [0.4, 0.5) is 4.79 Å². The Balaban J connectivity index is 1.71. The van der Waals surface area contributed by atoms with E-state index in [-0.39, 0.29) is 12.1 Å². The second-order valence-corrected chi connectivity index (χ2v) is 8.29. The molecule has 4 heteroatoms. The Kier molecular flexibility index (Phi) is 8.08. The van der Waals surface area contributed by atoms with Crippen molar-refractivity contribution in [1.82, 2.24) is 4.90 Å². The summed E-state index contributed by atoms with van der Waals surface area (Å²) in [6.07, 6.45) is 22.6. The Morgan fingerprint density at radius 2 is 2.00 bits per heavy atom. The Morgan fingerprint density at radius 1 is 1.26 bits per heavy atom. The van der Waals surface area contributed by atoms with Crippen molar-refractivity contribution >= 4 is 12.3 Å². The second-order valence-electron chi connectivity index (χ2n) is 8.29. The van der Waals surface area contributed by atoms with Crippen LogP contribution >= 0.6 is 0 Å². The molecule has 1 saturated carbocycles. The molecule has 148 valence electrons. The van der Waals surface area contributed by atoms with E-state index in [2.05, 4.69) is 41.4 Å². The van der Waals surface area contributed by atoms with Crippen molar-refractivity contribution in [3.63, 3.8) is 0 Å². The molecule has 0 atom stereocenters. The van der Waals surface area contributed by atoms with Crippen LogP contribution in [0.25, 0.3) is 0 Å². The van der Waals surface area contributed by atoms with E-state index < -0.39 is 5.60 Å². The lowest BCUT2D eigenvalue weighted by Gasteiger charge is -2.34. The highest BCUT2D eigenvalue weighted by Crippen LogP contribution is 2.25. The minimum Gasteiger partial charge on any atom is -0.444 e. The summed E-state index contributed by atoms with van der Waals surface area (Å²) in [4.78, 5) is 18.6. The molecule has 0 radical (unpaired) electrons. The second kappa shape index (κ2) is 10.3. The number of aliphatic imine (C=N–C) groups is 1. The van der Waals surface area contributed by atoms with Gasteiger partial charge < -0.3 is 9.64 Å². The first-order valence-electron chi connectivity index (χ1n) is 10.0. The lowest BCUT2D eigenvalue weighted by molar-refractivity contribution is 0.0184. The molecule has 0 aromatic heterocycles. The van der Waals surface area contributed by atoms with Gasteiger partial charge in [0.15, 0.2) is 0 Å². The predicted octanol–water partition coefficient (Wildman–Crippen LogP) is 5.62. The minimum absolute atomic E-state index is 0.228. The van der Waals surface area contributed by atoms with E-state index in [1.54, 1.807) is 4.90 Å². The Bertz CT molecular complexity index is 627. The Morgan fingerprint density at radius 3 is 2.70 bits per heavy atom. The van der Waals surface area contributed by atoms with E-state index in [4.69, 9.17) is 4.74 Å². The topological polar surface area (TPSA) is 41.9 Å². The monoisotopic (exact) mass is 370 g/mol. The molecule has 1 amide bonds. The SMILES string of the molecule is CN(C(=O)OC(C)(C)C)C1CCC(N=C/C=C/CC2=CC=CCC=C2)CC1. The summed E-state index contributed by atoms with van der Waals surface area (Å²) in [5, 5.41) is 0. The van der Waals surface area contributed by atoms with E-state index in [0.29, 0.717) is 6.04 Å². The molecule has 0 aromatic rings. The van der Waals surface area contributed by atoms with Crippen LogP contribution in [0.1, 0.15) is 59.3 Å². The number of amides is 1. The number of carbonyl (C=O) groups is 1. The standard InChI is InChI=1S/C23H34N2O2/c1-23(2,3)27-22(26)25(4)21-16-14-20(15-17-21)24-18-10-9-13-19-11-7-5-6-8-12-19/h5,7-12,18,20-21H,6,13-17H2,1-4H3/b10-9+,24-18?. The maximum absolute atomic E-state index is 12.2. The maximum Gasteiger partial charge on any atom is 0.410 e. The molecule has 27 heavy (non-hydrogen) atoms. The molecular weight excluding hydrogens is 336 g/mol. The molecule has 0 unspecified atom stereocenters. The van der Waals surface area contributed by atoms with Gasteiger partial charge in [0, 0.05) is 19.3 Å². The lowest BCUT2D eigenvalue weighted by atomic mass is 9.91. The first kappa shape index (κ1) is 21.2. The van der Waals surface area contributed by atoms with Crippen LogP contribution in [-0.4, -0.2) is 41.9 Å². The third-order valence-corrected chi connectivity index (χ3v) is 4.82. The summed E-state index contributed by atoms with van der Waals surface area (Å²) in [6.45, 7) is 5.70. The molecule has 4 nitrogen and oxygen atoms in total. The lowest BCUT2D eigenvalue weighted by Crippen LogP contribution is -2.42. The van der Waals surface area contributed by atoms with Gasteiger partial charge in [0.1, 0.15) is 5.60 Å². The zero-order valence-corrected chi connectivity index (χ0v) is 17.2. The fraction of sp³-hybridized carbons (Fsp3) is 0.565. The van der Waals surface area contributed by atoms with Gasteiger partial charge in [-0.05, 0) is 70.9 Å². The van der Waals surface area contributed by atoms with Crippen molar-refractivity contribution in [3.05, 3.63) is 48.1 Å². The van der Waals surface area contributed by atoms with E-state index in [1.807, 2.05) is 40.1 Å². The summed E-state index contributed by atoms with van der Waals surface area (Å²) in [7, 11) is 1.84. The summed E-state index contributed by atoms with van der Waals surface area (Å²) in [5.41, 5.74) is 0.872. The average Bonchev–Trinajstić information content (AvgIpc) is 2.89.